The average molecular weight is 504 g/mol. The minimum absolute atomic E-state index is 0.146. The van der Waals surface area contributed by atoms with Crippen LogP contribution in [0.1, 0.15) is 18.4 Å². The van der Waals surface area contributed by atoms with Gasteiger partial charge in [0.15, 0.2) is 11.3 Å². The fraction of sp³-hybridized carbons (Fsp3) is 0.375. The Morgan fingerprint density at radius 3 is 2.22 bits per heavy atom. The van der Waals surface area contributed by atoms with Gasteiger partial charge < -0.3 is 14.5 Å². The van der Waals surface area contributed by atoms with Crippen molar-refractivity contribution < 1.29 is 32.3 Å². The van der Waals surface area contributed by atoms with Gasteiger partial charge in [0, 0.05) is 45.0 Å². The highest BCUT2D eigenvalue weighted by atomic mass is 19.4. The number of alkyl halides is 3. The Hall–Kier alpha value is -3.80. The second-order valence-electron chi connectivity index (χ2n) is 8.66. The van der Waals surface area contributed by atoms with Gasteiger partial charge in [-0.15, -0.1) is 4.73 Å². The molecule has 36 heavy (non-hydrogen) atoms. The highest BCUT2D eigenvalue weighted by Crippen LogP contribution is 2.31. The van der Waals surface area contributed by atoms with Crippen LogP contribution in [0.4, 0.5) is 18.9 Å². The average Bonchev–Trinajstić information content (AvgIpc) is 3.15. The first kappa shape index (κ1) is 23.9. The monoisotopic (exact) mass is 504 g/mol. The number of benzene rings is 2. The number of carbonyl (C=O) groups excluding carboxylic acids is 2. The number of rotatable bonds is 4. The quantitative estimate of drug-likeness (QED) is 0.398. The van der Waals surface area contributed by atoms with E-state index in [-0.39, 0.29) is 24.1 Å². The largest absolute Gasteiger partial charge is 0.424 e. The molecule has 2 aromatic carbocycles. The van der Waals surface area contributed by atoms with E-state index in [4.69, 9.17) is 9.57 Å². The first-order valence-corrected chi connectivity index (χ1v) is 11.5. The molecule has 2 aliphatic heterocycles. The van der Waals surface area contributed by atoms with Crippen LogP contribution in [0.5, 0.6) is 5.75 Å². The lowest BCUT2D eigenvalue weighted by molar-refractivity contribution is -0.146. The van der Waals surface area contributed by atoms with Gasteiger partial charge >= 0.3 is 23.8 Å². The van der Waals surface area contributed by atoms with E-state index in [2.05, 4.69) is 4.90 Å². The lowest BCUT2D eigenvalue weighted by Gasteiger charge is -2.36. The molecular formula is C24H23F3N4O5. The Labute approximate surface area is 203 Å². The summed E-state index contributed by atoms with van der Waals surface area (Å²) < 4.78 is 46.2. The van der Waals surface area contributed by atoms with Crippen molar-refractivity contribution >= 4 is 28.7 Å². The molecule has 0 saturated carbocycles. The summed E-state index contributed by atoms with van der Waals surface area (Å²) in [5, 5.41) is 0. The molecule has 12 heteroatoms. The third kappa shape index (κ3) is 4.68. The van der Waals surface area contributed by atoms with Gasteiger partial charge in [-0.25, -0.2) is 9.59 Å². The van der Waals surface area contributed by atoms with Crippen LogP contribution >= 0.6 is 0 Å². The maximum absolute atomic E-state index is 13.1. The van der Waals surface area contributed by atoms with Crippen LogP contribution in [0.3, 0.4) is 0 Å². The predicted molar refractivity (Wildman–Crippen MR) is 123 cm³/mol. The highest BCUT2D eigenvalue weighted by molar-refractivity contribution is 5.88. The van der Waals surface area contributed by atoms with Crippen molar-refractivity contribution in [3.05, 3.63) is 58.5 Å². The molecule has 5 rings (SSSR count). The smallest absolute Gasteiger partial charge is 0.416 e. The van der Waals surface area contributed by atoms with Crippen molar-refractivity contribution in [3.63, 3.8) is 0 Å². The number of aromatic nitrogens is 2. The third-order valence-electron chi connectivity index (χ3n) is 6.40. The third-order valence-corrected chi connectivity index (χ3v) is 6.40. The molecule has 2 aliphatic rings. The Kier molecular flexibility index (Phi) is 6.20. The second kappa shape index (κ2) is 9.34. The predicted octanol–water partition coefficient (Wildman–Crippen LogP) is 2.30. The van der Waals surface area contributed by atoms with Gasteiger partial charge in [-0.2, -0.15) is 13.2 Å². The number of halogens is 3. The van der Waals surface area contributed by atoms with Gasteiger partial charge in [0.05, 0.1) is 23.9 Å². The molecule has 3 aromatic rings. The molecular weight excluding hydrogens is 481 g/mol. The van der Waals surface area contributed by atoms with Gasteiger partial charge in [-0.05, 0) is 36.4 Å². The van der Waals surface area contributed by atoms with Crippen LogP contribution in [0, 0.1) is 0 Å². The summed E-state index contributed by atoms with van der Waals surface area (Å²) in [7, 11) is 0. The van der Waals surface area contributed by atoms with Crippen molar-refractivity contribution in [2.45, 2.75) is 25.6 Å². The number of para-hydroxylation sites is 1. The molecule has 1 fully saturated rings. The second-order valence-corrected chi connectivity index (χ2v) is 8.66. The standard InChI is InChI=1S/C24H23F3N4O5/c25-24(26,27)16-4-6-17(7-5-16)29-13-10-28(11-14-29)12-15-30-18-2-1-3-19-22(18)31(23(30)34)36-21(33)9-8-20(32)35-19/h1-7H,8-15H2. The maximum Gasteiger partial charge on any atom is 0.416 e. The Balaban J connectivity index is 1.29. The zero-order valence-electron chi connectivity index (χ0n) is 19.2. The molecule has 0 spiro atoms. The minimum atomic E-state index is -4.36. The minimum Gasteiger partial charge on any atom is -0.424 e. The molecule has 9 nitrogen and oxygen atoms in total. The van der Waals surface area contributed by atoms with Gasteiger partial charge in [0.2, 0.25) is 0 Å². The number of anilines is 1. The molecule has 0 aliphatic carbocycles. The first-order valence-electron chi connectivity index (χ1n) is 11.5. The zero-order chi connectivity index (χ0) is 25.4. The van der Waals surface area contributed by atoms with Crippen LogP contribution in [0.2, 0.25) is 0 Å². The lowest BCUT2D eigenvalue weighted by Crippen LogP contribution is -2.47. The van der Waals surface area contributed by atoms with Gasteiger partial charge in [0.1, 0.15) is 0 Å². The normalized spacial score (nSPS) is 17.4. The topological polar surface area (TPSA) is 86.0 Å². The fourth-order valence-corrected chi connectivity index (χ4v) is 4.48. The first-order chi connectivity index (χ1) is 17.2. The summed E-state index contributed by atoms with van der Waals surface area (Å²) in [5.74, 6) is -1.14. The van der Waals surface area contributed by atoms with E-state index in [0.717, 1.165) is 22.6 Å². The van der Waals surface area contributed by atoms with E-state index in [1.54, 1.807) is 18.2 Å². The van der Waals surface area contributed by atoms with Gasteiger partial charge in [-0.3, -0.25) is 14.3 Å². The number of imidazole rings is 1. The van der Waals surface area contributed by atoms with Crippen LogP contribution in [0.15, 0.2) is 47.3 Å². The summed E-state index contributed by atoms with van der Waals surface area (Å²) in [5.41, 5.74) is 0.199. The number of piperazine rings is 1. The highest BCUT2D eigenvalue weighted by Gasteiger charge is 2.30. The maximum atomic E-state index is 13.1. The van der Waals surface area contributed by atoms with Gasteiger partial charge in [-0.1, -0.05) is 6.07 Å². The van der Waals surface area contributed by atoms with E-state index in [1.165, 1.54) is 16.7 Å². The number of esters is 1. The van der Waals surface area contributed by atoms with Crippen molar-refractivity contribution in [2.75, 3.05) is 37.6 Å². The zero-order valence-corrected chi connectivity index (χ0v) is 19.2. The van der Waals surface area contributed by atoms with E-state index >= 15 is 0 Å². The van der Waals surface area contributed by atoms with Crippen LogP contribution < -0.4 is 20.2 Å². The van der Waals surface area contributed by atoms with E-state index < -0.39 is 29.4 Å². The number of hydrogen-bond donors (Lipinski definition) is 0. The van der Waals surface area contributed by atoms with Crippen LogP contribution in [-0.2, 0) is 22.3 Å². The number of hydrogen-bond acceptors (Lipinski definition) is 7. The van der Waals surface area contributed by atoms with Crippen LogP contribution in [-0.4, -0.2) is 58.9 Å². The van der Waals surface area contributed by atoms with Gasteiger partial charge in [0.25, 0.3) is 0 Å². The van der Waals surface area contributed by atoms with Crippen molar-refractivity contribution in [1.29, 1.82) is 0 Å². The summed E-state index contributed by atoms with van der Waals surface area (Å²) in [6.45, 7) is 3.40. The summed E-state index contributed by atoms with van der Waals surface area (Å²) in [6.07, 6.45) is -4.71. The number of carbonyl (C=O) groups is 2. The molecule has 0 unspecified atom stereocenters. The SMILES string of the molecule is O=C1CCC(=O)On2c(=O)n(CCN3CCN(c4ccc(C(F)(F)F)cc4)CC3)c3cccc(c32)O1. The van der Waals surface area contributed by atoms with Crippen molar-refractivity contribution in [2.24, 2.45) is 0 Å². The van der Waals surface area contributed by atoms with E-state index in [9.17, 15) is 27.6 Å². The molecule has 1 saturated heterocycles. The molecule has 0 atom stereocenters. The Bertz CT molecular complexity index is 1360. The van der Waals surface area contributed by atoms with Crippen molar-refractivity contribution in [3.8, 4) is 5.75 Å². The molecule has 190 valence electrons. The van der Waals surface area contributed by atoms with E-state index in [0.29, 0.717) is 44.8 Å². The van der Waals surface area contributed by atoms with Crippen molar-refractivity contribution in [1.82, 2.24) is 14.2 Å². The molecule has 1 aromatic heterocycles. The Morgan fingerprint density at radius 2 is 1.53 bits per heavy atom. The Morgan fingerprint density at radius 1 is 0.833 bits per heavy atom. The molecule has 0 radical (unpaired) electrons. The fourth-order valence-electron chi connectivity index (χ4n) is 4.48. The molecule has 3 heterocycles. The summed E-state index contributed by atoms with van der Waals surface area (Å²) in [6, 6.07) is 10.0. The van der Waals surface area contributed by atoms with Crippen LogP contribution in [0.25, 0.3) is 11.0 Å². The number of nitrogens with zero attached hydrogens (tertiary/aromatic N) is 4. The molecule has 0 amide bonds. The lowest BCUT2D eigenvalue weighted by atomic mass is 10.1. The van der Waals surface area contributed by atoms with E-state index in [1.807, 2.05) is 4.90 Å². The number of ether oxygens (including phenoxy) is 1. The molecule has 0 bridgehead atoms. The summed E-state index contributed by atoms with van der Waals surface area (Å²) >= 11 is 0. The summed E-state index contributed by atoms with van der Waals surface area (Å²) in [4.78, 5) is 46.7. The molecule has 0 N–H and O–H groups in total.